The second kappa shape index (κ2) is 6.24. The van der Waals surface area contributed by atoms with Crippen LogP contribution >= 0.6 is 27.5 Å². The average Bonchev–Trinajstić information content (AvgIpc) is 2.42. The lowest BCUT2D eigenvalue weighted by Crippen LogP contribution is -1.95. The Labute approximate surface area is 129 Å². The van der Waals surface area contributed by atoms with Crippen LogP contribution in [0.2, 0.25) is 0 Å². The average molecular weight is 357 g/mol. The van der Waals surface area contributed by atoms with Crippen molar-refractivity contribution in [1.82, 2.24) is 0 Å². The van der Waals surface area contributed by atoms with Gasteiger partial charge in [-0.2, -0.15) is 0 Å². The van der Waals surface area contributed by atoms with Crippen molar-refractivity contribution < 1.29 is 9.66 Å². The maximum Gasteiger partial charge on any atom is 0.276 e. The molecule has 0 aromatic heterocycles. The van der Waals surface area contributed by atoms with Crippen LogP contribution in [0.5, 0.6) is 11.5 Å². The highest BCUT2D eigenvalue weighted by Gasteiger charge is 2.15. The van der Waals surface area contributed by atoms with Gasteiger partial charge in [0.05, 0.1) is 15.0 Å². The largest absolute Gasteiger partial charge is 0.456 e. The van der Waals surface area contributed by atoms with Gasteiger partial charge in [0.1, 0.15) is 11.5 Å². The molecule has 0 fully saturated rings. The van der Waals surface area contributed by atoms with Crippen LogP contribution in [0.15, 0.2) is 40.9 Å². The molecule has 0 radical (unpaired) electrons. The van der Waals surface area contributed by atoms with E-state index >= 15 is 0 Å². The number of ether oxygens (including phenoxy) is 1. The Balaban J connectivity index is 2.35. The number of hydrogen-bond donors (Lipinski definition) is 0. The summed E-state index contributed by atoms with van der Waals surface area (Å²) in [6.07, 6.45) is 0. The summed E-state index contributed by atoms with van der Waals surface area (Å²) in [7, 11) is 0. The first kappa shape index (κ1) is 14.8. The van der Waals surface area contributed by atoms with Crippen molar-refractivity contribution in [2.24, 2.45) is 0 Å². The molecule has 2 rings (SSSR count). The van der Waals surface area contributed by atoms with Crippen molar-refractivity contribution in [3.63, 3.8) is 0 Å². The van der Waals surface area contributed by atoms with Crippen molar-refractivity contribution >= 4 is 33.2 Å². The Hall–Kier alpha value is -1.59. The lowest BCUT2D eigenvalue weighted by molar-refractivity contribution is -0.385. The van der Waals surface area contributed by atoms with E-state index in [1.807, 2.05) is 12.1 Å². The van der Waals surface area contributed by atoms with E-state index in [0.717, 1.165) is 10.0 Å². The third-order valence-electron chi connectivity index (χ3n) is 2.82. The van der Waals surface area contributed by atoms with Crippen LogP contribution in [0, 0.1) is 17.0 Å². The SMILES string of the molecule is Cc1c(Oc2ccc(CCl)cc2Br)cccc1[N+](=O)[O-]. The molecule has 0 bridgehead atoms. The molecule has 4 nitrogen and oxygen atoms in total. The lowest BCUT2D eigenvalue weighted by Gasteiger charge is -2.11. The van der Waals surface area contributed by atoms with E-state index in [1.165, 1.54) is 6.07 Å². The molecule has 104 valence electrons. The first-order valence-corrected chi connectivity index (χ1v) is 7.12. The fourth-order valence-corrected chi connectivity index (χ4v) is 2.41. The van der Waals surface area contributed by atoms with Gasteiger partial charge in [0, 0.05) is 11.9 Å². The first-order chi connectivity index (χ1) is 9.52. The van der Waals surface area contributed by atoms with Crippen LogP contribution in [-0.2, 0) is 5.88 Å². The Kier molecular flexibility index (Phi) is 4.62. The summed E-state index contributed by atoms with van der Waals surface area (Å²) in [6.45, 7) is 1.66. The summed E-state index contributed by atoms with van der Waals surface area (Å²) in [4.78, 5) is 10.5. The number of benzene rings is 2. The Bertz CT molecular complexity index is 661. The van der Waals surface area contributed by atoms with Gasteiger partial charge in [-0.15, -0.1) is 11.6 Å². The summed E-state index contributed by atoms with van der Waals surface area (Å²) < 4.78 is 6.49. The number of nitro benzene ring substituents is 1. The molecule has 0 N–H and O–H groups in total. The fraction of sp³-hybridized carbons (Fsp3) is 0.143. The minimum Gasteiger partial charge on any atom is -0.456 e. The highest BCUT2D eigenvalue weighted by atomic mass is 79.9. The van der Waals surface area contributed by atoms with E-state index in [-0.39, 0.29) is 5.69 Å². The quantitative estimate of drug-likeness (QED) is 0.430. The smallest absolute Gasteiger partial charge is 0.276 e. The Morgan fingerprint density at radius 1 is 1.30 bits per heavy atom. The second-order valence-corrected chi connectivity index (χ2v) is 5.28. The van der Waals surface area contributed by atoms with Crippen molar-refractivity contribution in [2.45, 2.75) is 12.8 Å². The number of hydrogen-bond acceptors (Lipinski definition) is 3. The second-order valence-electron chi connectivity index (χ2n) is 4.16. The van der Waals surface area contributed by atoms with Gasteiger partial charge in [0.25, 0.3) is 5.69 Å². The van der Waals surface area contributed by atoms with Gasteiger partial charge in [-0.1, -0.05) is 12.1 Å². The van der Waals surface area contributed by atoms with E-state index in [0.29, 0.717) is 22.9 Å². The molecule has 0 spiro atoms. The zero-order valence-corrected chi connectivity index (χ0v) is 12.9. The van der Waals surface area contributed by atoms with Crippen molar-refractivity contribution in [3.8, 4) is 11.5 Å². The molecule has 20 heavy (non-hydrogen) atoms. The number of halogens is 2. The van der Waals surface area contributed by atoms with Gasteiger partial charge in [0.15, 0.2) is 0 Å². The van der Waals surface area contributed by atoms with E-state index in [9.17, 15) is 10.1 Å². The fourth-order valence-electron chi connectivity index (χ4n) is 1.74. The van der Waals surface area contributed by atoms with Gasteiger partial charge in [0.2, 0.25) is 0 Å². The van der Waals surface area contributed by atoms with Gasteiger partial charge in [-0.25, -0.2) is 0 Å². The lowest BCUT2D eigenvalue weighted by atomic mass is 10.2. The van der Waals surface area contributed by atoms with Gasteiger partial charge < -0.3 is 4.74 Å². The Morgan fingerprint density at radius 2 is 2.05 bits per heavy atom. The molecule has 0 atom stereocenters. The maximum atomic E-state index is 10.9. The number of alkyl halides is 1. The standard InChI is InChI=1S/C14H11BrClNO3/c1-9-12(17(18)19)3-2-4-13(9)20-14-6-5-10(8-16)7-11(14)15/h2-7H,8H2,1H3. The van der Waals surface area contributed by atoms with Crippen LogP contribution in [0.25, 0.3) is 0 Å². The third kappa shape index (κ3) is 3.11. The number of nitrogens with zero attached hydrogens (tertiary/aromatic N) is 1. The molecular formula is C14H11BrClNO3. The molecule has 0 saturated carbocycles. The molecule has 2 aromatic carbocycles. The molecule has 0 aliphatic carbocycles. The summed E-state index contributed by atoms with van der Waals surface area (Å²) in [5.41, 5.74) is 1.49. The molecule has 0 aliphatic heterocycles. The zero-order valence-electron chi connectivity index (χ0n) is 10.6. The third-order valence-corrected chi connectivity index (χ3v) is 3.75. The van der Waals surface area contributed by atoms with Crippen LogP contribution in [-0.4, -0.2) is 4.92 Å². The summed E-state index contributed by atoms with van der Waals surface area (Å²) >= 11 is 9.16. The first-order valence-electron chi connectivity index (χ1n) is 5.79. The summed E-state index contributed by atoms with van der Waals surface area (Å²) in [5.74, 6) is 1.45. The predicted octanol–water partition coefficient (Wildman–Crippen LogP) is 5.20. The van der Waals surface area contributed by atoms with E-state index in [4.69, 9.17) is 16.3 Å². The molecule has 0 amide bonds. The van der Waals surface area contributed by atoms with Crippen molar-refractivity contribution in [1.29, 1.82) is 0 Å². The highest BCUT2D eigenvalue weighted by molar-refractivity contribution is 9.10. The van der Waals surface area contributed by atoms with E-state index in [1.54, 1.807) is 25.1 Å². The number of rotatable bonds is 4. The monoisotopic (exact) mass is 355 g/mol. The highest BCUT2D eigenvalue weighted by Crippen LogP contribution is 2.35. The molecule has 0 heterocycles. The van der Waals surface area contributed by atoms with Crippen molar-refractivity contribution in [3.05, 3.63) is 62.1 Å². The van der Waals surface area contributed by atoms with Gasteiger partial charge >= 0.3 is 0 Å². The molecule has 0 saturated heterocycles. The maximum absolute atomic E-state index is 10.9. The minimum atomic E-state index is -0.423. The molecule has 6 heteroatoms. The topological polar surface area (TPSA) is 52.4 Å². The van der Waals surface area contributed by atoms with E-state index < -0.39 is 4.92 Å². The van der Waals surface area contributed by atoms with Gasteiger partial charge in [-0.3, -0.25) is 10.1 Å². The molecule has 0 aliphatic rings. The van der Waals surface area contributed by atoms with Crippen LogP contribution in [0.3, 0.4) is 0 Å². The van der Waals surface area contributed by atoms with E-state index in [2.05, 4.69) is 15.9 Å². The van der Waals surface area contributed by atoms with Gasteiger partial charge in [-0.05, 0) is 46.6 Å². The normalized spacial score (nSPS) is 10.3. The zero-order chi connectivity index (χ0) is 14.7. The Morgan fingerprint density at radius 3 is 2.65 bits per heavy atom. The van der Waals surface area contributed by atoms with Crippen molar-refractivity contribution in [2.75, 3.05) is 0 Å². The summed E-state index contributed by atoms with van der Waals surface area (Å²) in [5, 5.41) is 10.9. The molecular weight excluding hydrogens is 346 g/mol. The molecule has 2 aromatic rings. The van der Waals surface area contributed by atoms with Crippen LogP contribution in [0.1, 0.15) is 11.1 Å². The van der Waals surface area contributed by atoms with Crippen LogP contribution < -0.4 is 4.74 Å². The predicted molar refractivity (Wildman–Crippen MR) is 81.6 cm³/mol. The molecule has 0 unspecified atom stereocenters. The minimum absolute atomic E-state index is 0.0380. The number of nitro groups is 1. The van der Waals surface area contributed by atoms with Crippen LogP contribution in [0.4, 0.5) is 5.69 Å². The summed E-state index contributed by atoms with van der Waals surface area (Å²) in [6, 6.07) is 10.2.